The molecule has 4 heterocycles. The fourth-order valence-electron chi connectivity index (χ4n) is 3.77. The van der Waals surface area contributed by atoms with Crippen LogP contribution < -0.4 is 4.74 Å². The van der Waals surface area contributed by atoms with Gasteiger partial charge in [0.1, 0.15) is 17.0 Å². The summed E-state index contributed by atoms with van der Waals surface area (Å²) >= 11 is 0. The molecule has 1 amide bonds. The second-order valence-electron chi connectivity index (χ2n) is 7.41. The summed E-state index contributed by atoms with van der Waals surface area (Å²) in [4.78, 5) is 22.6. The molecule has 6 nitrogen and oxygen atoms in total. The van der Waals surface area contributed by atoms with Gasteiger partial charge in [-0.3, -0.25) is 4.79 Å². The van der Waals surface area contributed by atoms with Gasteiger partial charge in [0, 0.05) is 43.0 Å². The number of imidazole rings is 1. The van der Waals surface area contributed by atoms with Gasteiger partial charge >= 0.3 is 0 Å². The van der Waals surface area contributed by atoms with Gasteiger partial charge in [0.15, 0.2) is 6.10 Å². The van der Waals surface area contributed by atoms with E-state index < -0.39 is 30.2 Å². The second kappa shape index (κ2) is 7.26. The number of piperidine rings is 1. The molecule has 1 fully saturated rings. The number of para-hydroxylation sites is 1. The van der Waals surface area contributed by atoms with E-state index in [9.17, 15) is 18.0 Å². The summed E-state index contributed by atoms with van der Waals surface area (Å²) in [5, 5.41) is 0.535. The molecule has 1 atom stereocenters. The molecule has 0 bridgehead atoms. The first-order valence-electron chi connectivity index (χ1n) is 9.73. The number of fused-ring (bicyclic) bond motifs is 2. The molecule has 4 aromatic rings. The van der Waals surface area contributed by atoms with Crippen LogP contribution in [0.4, 0.5) is 13.2 Å². The molecular formula is C22H17F3N4O2. The molecule has 158 valence electrons. The van der Waals surface area contributed by atoms with Crippen LogP contribution >= 0.6 is 0 Å². The summed E-state index contributed by atoms with van der Waals surface area (Å²) < 4.78 is 50.4. The number of hydrogen-bond donors (Lipinski definition) is 0. The third-order valence-electron chi connectivity index (χ3n) is 5.42. The molecule has 31 heavy (non-hydrogen) atoms. The Labute approximate surface area is 174 Å². The molecule has 0 radical (unpaired) electrons. The van der Waals surface area contributed by atoms with Gasteiger partial charge < -0.3 is 14.0 Å². The number of likely N-dealkylation sites (tertiary alicyclic amines) is 1. The molecule has 0 saturated carbocycles. The van der Waals surface area contributed by atoms with Gasteiger partial charge in [-0.05, 0) is 24.3 Å². The van der Waals surface area contributed by atoms with Crippen LogP contribution in [0.15, 0.2) is 61.1 Å². The van der Waals surface area contributed by atoms with Crippen molar-refractivity contribution in [3.8, 4) is 5.88 Å². The van der Waals surface area contributed by atoms with E-state index in [1.807, 2.05) is 0 Å². The van der Waals surface area contributed by atoms with Crippen molar-refractivity contribution in [2.45, 2.75) is 18.4 Å². The van der Waals surface area contributed by atoms with Crippen LogP contribution in [-0.2, 0) is 0 Å². The molecular weight excluding hydrogens is 409 g/mol. The maximum Gasteiger partial charge on any atom is 0.287 e. The zero-order valence-electron chi connectivity index (χ0n) is 16.2. The van der Waals surface area contributed by atoms with Gasteiger partial charge in [-0.1, -0.05) is 12.1 Å². The Hall–Kier alpha value is -3.62. The molecule has 0 N–H and O–H groups in total. The van der Waals surface area contributed by atoms with Crippen LogP contribution in [0.2, 0.25) is 0 Å². The molecule has 1 aliphatic rings. The Bertz CT molecular complexity index is 1290. The van der Waals surface area contributed by atoms with Crippen LogP contribution in [0.3, 0.4) is 0 Å². The van der Waals surface area contributed by atoms with E-state index in [1.54, 1.807) is 53.3 Å². The lowest BCUT2D eigenvalue weighted by molar-refractivity contribution is -0.131. The lowest BCUT2D eigenvalue weighted by atomic mass is 10.0. The minimum absolute atomic E-state index is 0.0399. The topological polar surface area (TPSA) is 59.7 Å². The molecule has 1 aromatic carbocycles. The van der Waals surface area contributed by atoms with Crippen molar-refractivity contribution in [2.75, 3.05) is 13.1 Å². The lowest BCUT2D eigenvalue weighted by Gasteiger charge is -2.38. The van der Waals surface area contributed by atoms with Gasteiger partial charge in [-0.25, -0.2) is 23.1 Å². The second-order valence-corrected chi connectivity index (χ2v) is 7.41. The third kappa shape index (κ3) is 3.45. The van der Waals surface area contributed by atoms with Gasteiger partial charge in [0.2, 0.25) is 5.88 Å². The number of ether oxygens (including phenoxy) is 1. The summed E-state index contributed by atoms with van der Waals surface area (Å²) in [7, 11) is 0. The van der Waals surface area contributed by atoms with Crippen LogP contribution in [0.5, 0.6) is 5.88 Å². The quantitative estimate of drug-likeness (QED) is 0.498. The smallest absolute Gasteiger partial charge is 0.287 e. The number of benzene rings is 1. The highest BCUT2D eigenvalue weighted by Gasteiger charge is 2.47. The van der Waals surface area contributed by atoms with Gasteiger partial charge in [0.05, 0.1) is 12.1 Å². The highest BCUT2D eigenvalue weighted by molar-refractivity contribution is 5.99. The number of carbonyl (C=O) groups excluding carboxylic acids is 1. The molecule has 0 aliphatic carbocycles. The fraction of sp³-hybridized carbons (Fsp3) is 0.227. The number of carbonyl (C=O) groups is 1. The molecule has 1 saturated heterocycles. The Morgan fingerprint density at radius 2 is 2.00 bits per heavy atom. The van der Waals surface area contributed by atoms with Crippen LogP contribution in [-0.4, -0.2) is 50.3 Å². The molecule has 1 unspecified atom stereocenters. The van der Waals surface area contributed by atoms with E-state index in [1.165, 1.54) is 17.0 Å². The maximum absolute atomic E-state index is 14.6. The average Bonchev–Trinajstić information content (AvgIpc) is 3.24. The zero-order chi connectivity index (χ0) is 21.6. The van der Waals surface area contributed by atoms with Crippen LogP contribution in [0, 0.1) is 5.82 Å². The van der Waals surface area contributed by atoms with Crippen molar-refractivity contribution in [1.82, 2.24) is 19.3 Å². The van der Waals surface area contributed by atoms with Crippen LogP contribution in [0.1, 0.15) is 16.8 Å². The summed E-state index contributed by atoms with van der Waals surface area (Å²) in [6.45, 7) is -0.447. The third-order valence-corrected chi connectivity index (χ3v) is 5.42. The van der Waals surface area contributed by atoms with Crippen molar-refractivity contribution in [1.29, 1.82) is 0 Å². The van der Waals surface area contributed by atoms with Gasteiger partial charge in [-0.15, -0.1) is 0 Å². The highest BCUT2D eigenvalue weighted by atomic mass is 19.3. The summed E-state index contributed by atoms with van der Waals surface area (Å²) in [6.07, 6.45) is 2.85. The maximum atomic E-state index is 14.6. The predicted octanol–water partition coefficient (Wildman–Crippen LogP) is 3.95. The summed E-state index contributed by atoms with van der Waals surface area (Å²) in [5.74, 6) is -4.25. The summed E-state index contributed by atoms with van der Waals surface area (Å²) in [5.41, 5.74) is 0.814. The van der Waals surface area contributed by atoms with Crippen molar-refractivity contribution >= 4 is 22.5 Å². The normalized spacial score (nSPS) is 18.4. The number of pyridine rings is 2. The Morgan fingerprint density at radius 1 is 1.13 bits per heavy atom. The first kappa shape index (κ1) is 19.3. The SMILES string of the molecule is O=C(c1cccn2ccnc12)N1CCC(F)(F)C(Oc2ccc3cccc(F)c3n2)C1. The number of nitrogens with zero attached hydrogens (tertiary/aromatic N) is 4. The Balaban J connectivity index is 1.41. The first-order chi connectivity index (χ1) is 14.9. The largest absolute Gasteiger partial charge is 0.466 e. The van der Waals surface area contributed by atoms with Crippen molar-refractivity contribution in [3.63, 3.8) is 0 Å². The first-order valence-corrected chi connectivity index (χ1v) is 9.73. The van der Waals surface area contributed by atoms with E-state index in [0.717, 1.165) is 0 Å². The molecule has 1 aliphatic heterocycles. The Morgan fingerprint density at radius 3 is 2.87 bits per heavy atom. The van der Waals surface area contributed by atoms with E-state index in [0.29, 0.717) is 16.6 Å². The standard InChI is InChI=1S/C22H17F3N4O2/c23-16-5-1-3-14-6-7-18(27-19(14)16)31-17-13-29(11-8-22(17,24)25)21(30)15-4-2-10-28-12-9-26-20(15)28/h1-7,9-10,12,17H,8,11,13H2. The molecule has 0 spiro atoms. The summed E-state index contributed by atoms with van der Waals surface area (Å²) in [6, 6.07) is 10.7. The predicted molar refractivity (Wildman–Crippen MR) is 107 cm³/mol. The number of aromatic nitrogens is 3. The van der Waals surface area contributed by atoms with Gasteiger partial charge in [-0.2, -0.15) is 0 Å². The number of halogens is 3. The van der Waals surface area contributed by atoms with Crippen molar-refractivity contribution in [3.05, 3.63) is 72.4 Å². The minimum Gasteiger partial charge on any atom is -0.466 e. The van der Waals surface area contributed by atoms with E-state index in [-0.39, 0.29) is 24.5 Å². The molecule has 9 heteroatoms. The lowest BCUT2D eigenvalue weighted by Crippen LogP contribution is -2.55. The number of amides is 1. The average molecular weight is 426 g/mol. The van der Waals surface area contributed by atoms with E-state index in [2.05, 4.69) is 9.97 Å². The Kier molecular flexibility index (Phi) is 4.53. The van der Waals surface area contributed by atoms with Gasteiger partial charge in [0.25, 0.3) is 11.8 Å². The minimum atomic E-state index is -3.16. The fourth-order valence-corrected chi connectivity index (χ4v) is 3.77. The highest BCUT2D eigenvalue weighted by Crippen LogP contribution is 2.32. The number of rotatable bonds is 3. The van der Waals surface area contributed by atoms with Crippen molar-refractivity contribution in [2.24, 2.45) is 0 Å². The molecule has 3 aromatic heterocycles. The van der Waals surface area contributed by atoms with E-state index >= 15 is 0 Å². The monoisotopic (exact) mass is 426 g/mol. The zero-order valence-corrected chi connectivity index (χ0v) is 16.2. The number of alkyl halides is 2. The van der Waals surface area contributed by atoms with Crippen LogP contribution in [0.25, 0.3) is 16.6 Å². The van der Waals surface area contributed by atoms with Crippen molar-refractivity contribution < 1.29 is 22.7 Å². The number of hydrogen-bond acceptors (Lipinski definition) is 4. The molecule has 5 rings (SSSR count). The van der Waals surface area contributed by atoms with E-state index in [4.69, 9.17) is 4.74 Å².